The van der Waals surface area contributed by atoms with Gasteiger partial charge in [-0.15, -0.1) is 0 Å². The van der Waals surface area contributed by atoms with Crippen LogP contribution >= 0.6 is 0 Å². The van der Waals surface area contributed by atoms with Gasteiger partial charge in [0.25, 0.3) is 0 Å². The molecular formula is C15H23N3O4S. The first-order chi connectivity index (χ1) is 10.8. The third-order valence-corrected chi connectivity index (χ3v) is 4.54. The number of carbonyl (C=O) groups is 1. The quantitative estimate of drug-likeness (QED) is 0.726. The van der Waals surface area contributed by atoms with Gasteiger partial charge in [-0.1, -0.05) is 6.42 Å². The van der Waals surface area contributed by atoms with Gasteiger partial charge in [0.05, 0.1) is 19.1 Å². The second kappa shape index (κ2) is 7.18. The van der Waals surface area contributed by atoms with Crippen molar-refractivity contribution in [1.82, 2.24) is 0 Å². The Kier molecular flexibility index (Phi) is 5.48. The van der Waals surface area contributed by atoms with Crippen LogP contribution in [0.15, 0.2) is 18.2 Å². The number of hydrogen-bond donors (Lipinski definition) is 3. The van der Waals surface area contributed by atoms with Gasteiger partial charge in [0.15, 0.2) is 0 Å². The lowest BCUT2D eigenvalue weighted by Gasteiger charge is -2.16. The molecule has 0 radical (unpaired) electrons. The first-order valence-corrected chi connectivity index (χ1v) is 9.39. The van der Waals surface area contributed by atoms with Crippen molar-refractivity contribution in [2.75, 3.05) is 23.4 Å². The van der Waals surface area contributed by atoms with Gasteiger partial charge in [-0.05, 0) is 30.9 Å². The van der Waals surface area contributed by atoms with E-state index in [0.29, 0.717) is 23.5 Å². The summed E-state index contributed by atoms with van der Waals surface area (Å²) < 4.78 is 30.1. The van der Waals surface area contributed by atoms with Crippen molar-refractivity contribution in [3.05, 3.63) is 18.2 Å². The average molecular weight is 341 g/mol. The summed E-state index contributed by atoms with van der Waals surface area (Å²) in [4.78, 5) is 12.1. The fourth-order valence-corrected chi connectivity index (χ4v) is 3.39. The van der Waals surface area contributed by atoms with E-state index < -0.39 is 10.0 Å². The number of sulfonamides is 1. The number of nitrogens with two attached hydrogens (primary N) is 1. The van der Waals surface area contributed by atoms with Gasteiger partial charge in [-0.3, -0.25) is 9.52 Å². The van der Waals surface area contributed by atoms with Crippen LogP contribution in [0.3, 0.4) is 0 Å². The first-order valence-electron chi connectivity index (χ1n) is 7.50. The minimum Gasteiger partial charge on any atom is -0.494 e. The monoisotopic (exact) mass is 341 g/mol. The smallest absolute Gasteiger partial charge is 0.229 e. The Balaban J connectivity index is 2.04. The zero-order chi connectivity index (χ0) is 17.0. The molecule has 128 valence electrons. The summed E-state index contributed by atoms with van der Waals surface area (Å²) in [6, 6.07) is 4.86. The predicted molar refractivity (Wildman–Crippen MR) is 90.0 cm³/mol. The molecule has 0 heterocycles. The Morgan fingerprint density at radius 2 is 2.13 bits per heavy atom. The number of benzene rings is 1. The molecule has 4 N–H and O–H groups in total. The Hall–Kier alpha value is -1.80. The highest BCUT2D eigenvalue weighted by Crippen LogP contribution is 2.30. The zero-order valence-corrected chi connectivity index (χ0v) is 14.2. The summed E-state index contributed by atoms with van der Waals surface area (Å²) in [6.45, 7) is 0. The molecule has 8 heteroatoms. The summed E-state index contributed by atoms with van der Waals surface area (Å²) in [5, 5.41) is 2.80. The fourth-order valence-electron chi connectivity index (χ4n) is 2.82. The number of amides is 1. The van der Waals surface area contributed by atoms with Crippen molar-refractivity contribution in [3.63, 3.8) is 0 Å². The fraction of sp³-hybridized carbons (Fsp3) is 0.533. The molecule has 1 amide bonds. The van der Waals surface area contributed by atoms with E-state index in [2.05, 4.69) is 10.0 Å². The Morgan fingerprint density at radius 3 is 2.70 bits per heavy atom. The Bertz CT molecular complexity index is 675. The Morgan fingerprint density at radius 1 is 1.39 bits per heavy atom. The molecule has 2 atom stereocenters. The summed E-state index contributed by atoms with van der Waals surface area (Å²) in [5.74, 6) is 0.465. The van der Waals surface area contributed by atoms with Gasteiger partial charge in [0.1, 0.15) is 5.75 Å². The van der Waals surface area contributed by atoms with Crippen molar-refractivity contribution in [2.24, 2.45) is 11.7 Å². The number of ether oxygens (including phenoxy) is 1. The minimum atomic E-state index is -3.40. The number of rotatable bonds is 6. The summed E-state index contributed by atoms with van der Waals surface area (Å²) >= 11 is 0. The molecule has 0 spiro atoms. The summed E-state index contributed by atoms with van der Waals surface area (Å²) in [5.41, 5.74) is 6.86. The lowest BCUT2D eigenvalue weighted by molar-refractivity contribution is -0.117. The van der Waals surface area contributed by atoms with Crippen LogP contribution < -0.4 is 20.5 Å². The van der Waals surface area contributed by atoms with Crippen LogP contribution in [0.1, 0.15) is 25.7 Å². The lowest BCUT2D eigenvalue weighted by atomic mass is 10.00. The predicted octanol–water partition coefficient (Wildman–Crippen LogP) is 1.52. The van der Waals surface area contributed by atoms with Gasteiger partial charge in [-0.2, -0.15) is 0 Å². The highest BCUT2D eigenvalue weighted by atomic mass is 32.2. The topological polar surface area (TPSA) is 111 Å². The highest BCUT2D eigenvalue weighted by molar-refractivity contribution is 7.92. The van der Waals surface area contributed by atoms with Gasteiger partial charge in [0.2, 0.25) is 15.9 Å². The van der Waals surface area contributed by atoms with Crippen LogP contribution in [0, 0.1) is 5.92 Å². The summed E-state index contributed by atoms with van der Waals surface area (Å²) in [7, 11) is -1.96. The van der Waals surface area contributed by atoms with E-state index in [9.17, 15) is 13.2 Å². The maximum atomic E-state index is 12.1. The van der Waals surface area contributed by atoms with E-state index in [0.717, 1.165) is 25.5 Å². The van der Waals surface area contributed by atoms with Gasteiger partial charge in [-0.25, -0.2) is 8.42 Å². The van der Waals surface area contributed by atoms with Crippen molar-refractivity contribution < 1.29 is 17.9 Å². The van der Waals surface area contributed by atoms with Crippen LogP contribution in [0.4, 0.5) is 11.4 Å². The van der Waals surface area contributed by atoms with Crippen LogP contribution in [-0.2, 0) is 14.8 Å². The van der Waals surface area contributed by atoms with E-state index in [1.165, 1.54) is 7.11 Å². The number of hydrogen-bond acceptors (Lipinski definition) is 5. The molecule has 0 aromatic heterocycles. The molecule has 7 nitrogen and oxygen atoms in total. The number of methoxy groups -OCH3 is 1. The molecule has 0 unspecified atom stereocenters. The van der Waals surface area contributed by atoms with E-state index in [1.54, 1.807) is 18.2 Å². The normalized spacial score (nSPS) is 21.0. The molecule has 0 aliphatic heterocycles. The van der Waals surface area contributed by atoms with Crippen LogP contribution in [-0.4, -0.2) is 33.7 Å². The molecule has 1 aliphatic carbocycles. The van der Waals surface area contributed by atoms with Gasteiger partial charge in [0, 0.05) is 24.2 Å². The Labute approximate surface area is 136 Å². The molecular weight excluding hydrogens is 318 g/mol. The molecule has 0 bridgehead atoms. The third-order valence-electron chi connectivity index (χ3n) is 3.95. The van der Waals surface area contributed by atoms with Crippen molar-refractivity contribution in [3.8, 4) is 5.75 Å². The maximum absolute atomic E-state index is 12.1. The maximum Gasteiger partial charge on any atom is 0.229 e. The van der Waals surface area contributed by atoms with E-state index in [4.69, 9.17) is 10.5 Å². The van der Waals surface area contributed by atoms with Crippen LogP contribution in [0.25, 0.3) is 0 Å². The lowest BCUT2D eigenvalue weighted by Crippen LogP contribution is -2.28. The van der Waals surface area contributed by atoms with Gasteiger partial charge >= 0.3 is 0 Å². The van der Waals surface area contributed by atoms with Crippen molar-refractivity contribution >= 4 is 27.3 Å². The number of nitrogens with one attached hydrogen (secondary N) is 2. The third kappa shape index (κ3) is 5.11. The minimum absolute atomic E-state index is 0.0941. The molecule has 2 rings (SSSR count). The van der Waals surface area contributed by atoms with E-state index in [1.807, 2.05) is 0 Å². The number of anilines is 2. The molecule has 1 aromatic carbocycles. The van der Waals surface area contributed by atoms with Crippen molar-refractivity contribution in [2.45, 2.75) is 31.7 Å². The highest BCUT2D eigenvalue weighted by Gasteiger charge is 2.26. The molecule has 1 saturated carbocycles. The van der Waals surface area contributed by atoms with E-state index in [-0.39, 0.29) is 17.9 Å². The second-order valence-electron chi connectivity index (χ2n) is 5.90. The van der Waals surface area contributed by atoms with Crippen molar-refractivity contribution in [1.29, 1.82) is 0 Å². The zero-order valence-electron chi connectivity index (χ0n) is 13.3. The number of carbonyl (C=O) groups excluding carboxylic acids is 1. The largest absolute Gasteiger partial charge is 0.494 e. The second-order valence-corrected chi connectivity index (χ2v) is 7.64. The molecule has 1 aliphatic rings. The van der Waals surface area contributed by atoms with Gasteiger partial charge < -0.3 is 15.8 Å². The SMILES string of the molecule is COc1cc(NC(=O)C[C@@H]2CCC[C@H]2N)ccc1NS(C)(=O)=O. The molecule has 1 fully saturated rings. The van der Waals surface area contributed by atoms with Crippen LogP contribution in [0.2, 0.25) is 0 Å². The standard InChI is InChI=1S/C15H23N3O4S/c1-22-14-9-11(6-7-13(14)18-23(2,20)21)17-15(19)8-10-4-3-5-12(10)16/h6-7,9-10,12,18H,3-5,8,16H2,1-2H3,(H,17,19)/t10-,12+/m0/s1. The van der Waals surface area contributed by atoms with E-state index >= 15 is 0 Å². The molecule has 23 heavy (non-hydrogen) atoms. The summed E-state index contributed by atoms with van der Waals surface area (Å²) in [6.07, 6.45) is 4.48. The van der Waals surface area contributed by atoms with Crippen LogP contribution in [0.5, 0.6) is 5.75 Å². The molecule has 1 aromatic rings. The average Bonchev–Trinajstić information content (AvgIpc) is 2.84. The first kappa shape index (κ1) is 17.6. The molecule has 0 saturated heterocycles.